The molecule has 2 rings (SSSR count). The van der Waals surface area contributed by atoms with Crippen molar-refractivity contribution in [2.75, 3.05) is 32.1 Å². The molecule has 0 aliphatic carbocycles. The van der Waals surface area contributed by atoms with Gasteiger partial charge in [0.05, 0.1) is 10.7 Å². The monoisotopic (exact) mass is 280 g/mol. The number of hydrogen-bond acceptors (Lipinski definition) is 3. The molecule has 0 bridgehead atoms. The average Bonchev–Trinajstić information content (AvgIpc) is 2.38. The minimum atomic E-state index is 0.0513. The van der Waals surface area contributed by atoms with E-state index < -0.39 is 0 Å². The zero-order valence-electron chi connectivity index (χ0n) is 11.8. The molecular weight excluding hydrogens is 260 g/mol. The quantitative estimate of drug-likeness (QED) is 0.795. The van der Waals surface area contributed by atoms with Gasteiger partial charge in [0, 0.05) is 18.7 Å². The molecule has 1 aliphatic rings. The summed E-state index contributed by atoms with van der Waals surface area (Å²) in [4.78, 5) is 15.9. The van der Waals surface area contributed by atoms with Crippen molar-refractivity contribution in [2.45, 2.75) is 25.8 Å². The van der Waals surface area contributed by atoms with Crippen molar-refractivity contribution in [3.05, 3.63) is 28.8 Å². The maximum absolute atomic E-state index is 11.3. The second kappa shape index (κ2) is 5.93. The summed E-state index contributed by atoms with van der Waals surface area (Å²) in [5.74, 6) is 0.0513. The Kier molecular flexibility index (Phi) is 4.48. The summed E-state index contributed by atoms with van der Waals surface area (Å²) in [6.07, 6.45) is 2.30. The highest BCUT2D eigenvalue weighted by molar-refractivity contribution is 6.33. The molecule has 0 amide bonds. The van der Waals surface area contributed by atoms with E-state index in [9.17, 15) is 4.79 Å². The second-order valence-corrected chi connectivity index (χ2v) is 5.77. The lowest BCUT2D eigenvalue weighted by Gasteiger charge is -2.36. The molecule has 0 unspecified atom stereocenters. The summed E-state index contributed by atoms with van der Waals surface area (Å²) in [5.41, 5.74) is 1.69. The van der Waals surface area contributed by atoms with Crippen LogP contribution in [0, 0.1) is 0 Å². The van der Waals surface area contributed by atoms with E-state index in [4.69, 9.17) is 11.6 Å². The molecule has 1 saturated heterocycles. The first-order chi connectivity index (χ1) is 8.99. The number of anilines is 1. The third kappa shape index (κ3) is 3.28. The van der Waals surface area contributed by atoms with Crippen LogP contribution in [-0.4, -0.2) is 43.9 Å². The zero-order valence-corrected chi connectivity index (χ0v) is 12.6. The summed E-state index contributed by atoms with van der Waals surface area (Å²) < 4.78 is 0. The van der Waals surface area contributed by atoms with Crippen LogP contribution < -0.4 is 4.90 Å². The van der Waals surface area contributed by atoms with Gasteiger partial charge in [0.2, 0.25) is 0 Å². The molecule has 1 aromatic carbocycles. The molecule has 104 valence electrons. The van der Waals surface area contributed by atoms with Crippen LogP contribution in [0.2, 0.25) is 5.02 Å². The molecule has 3 nitrogen and oxygen atoms in total. The average molecular weight is 281 g/mol. The predicted molar refractivity (Wildman–Crippen MR) is 80.4 cm³/mol. The van der Waals surface area contributed by atoms with Crippen LogP contribution in [0.25, 0.3) is 0 Å². The van der Waals surface area contributed by atoms with E-state index in [-0.39, 0.29) is 5.78 Å². The number of carbonyl (C=O) groups excluding carboxylic acids is 1. The first kappa shape index (κ1) is 14.4. The van der Waals surface area contributed by atoms with Crippen molar-refractivity contribution in [1.82, 2.24) is 4.90 Å². The Labute approximate surface area is 120 Å². The molecular formula is C15H21ClN2O. The van der Waals surface area contributed by atoms with E-state index in [1.807, 2.05) is 12.1 Å². The molecule has 1 aromatic rings. The van der Waals surface area contributed by atoms with Gasteiger partial charge in [0.1, 0.15) is 0 Å². The summed E-state index contributed by atoms with van der Waals surface area (Å²) >= 11 is 6.31. The van der Waals surface area contributed by atoms with E-state index in [1.165, 1.54) is 0 Å². The molecule has 0 radical (unpaired) electrons. The highest BCUT2D eigenvalue weighted by atomic mass is 35.5. The number of hydrogen-bond donors (Lipinski definition) is 0. The molecule has 19 heavy (non-hydrogen) atoms. The number of rotatable bonds is 3. The third-order valence-corrected chi connectivity index (χ3v) is 4.27. The molecule has 0 spiro atoms. The number of benzene rings is 1. The van der Waals surface area contributed by atoms with Crippen LogP contribution in [0.15, 0.2) is 18.2 Å². The van der Waals surface area contributed by atoms with E-state index in [0.29, 0.717) is 16.6 Å². The maximum Gasteiger partial charge on any atom is 0.159 e. The van der Waals surface area contributed by atoms with E-state index in [2.05, 4.69) is 23.9 Å². The first-order valence-corrected chi connectivity index (χ1v) is 7.08. The standard InChI is InChI=1S/C15H21ClN2O/c1-11(19)12-4-5-15(14(16)10-12)18(3)13-6-8-17(2)9-7-13/h4-5,10,13H,6-9H2,1-3H3. The van der Waals surface area contributed by atoms with E-state index in [1.54, 1.807) is 13.0 Å². The van der Waals surface area contributed by atoms with Gasteiger partial charge in [-0.3, -0.25) is 4.79 Å². The lowest BCUT2D eigenvalue weighted by molar-refractivity contribution is 0.101. The normalized spacial score (nSPS) is 17.5. The Morgan fingerprint density at radius 3 is 2.53 bits per heavy atom. The Hall–Kier alpha value is -1.06. The summed E-state index contributed by atoms with van der Waals surface area (Å²) in [6.45, 7) is 3.81. The molecule has 4 heteroatoms. The van der Waals surface area contributed by atoms with Crippen molar-refractivity contribution in [2.24, 2.45) is 0 Å². The molecule has 0 saturated carbocycles. The minimum Gasteiger partial charge on any atom is -0.370 e. The van der Waals surface area contributed by atoms with Gasteiger partial charge < -0.3 is 9.80 Å². The van der Waals surface area contributed by atoms with Crippen LogP contribution in [-0.2, 0) is 0 Å². The van der Waals surface area contributed by atoms with Gasteiger partial charge in [-0.25, -0.2) is 0 Å². The fourth-order valence-corrected chi connectivity index (χ4v) is 2.90. The van der Waals surface area contributed by atoms with Gasteiger partial charge in [-0.1, -0.05) is 11.6 Å². The summed E-state index contributed by atoms with van der Waals surface area (Å²) in [6, 6.07) is 6.11. The fourth-order valence-electron chi connectivity index (χ4n) is 2.59. The summed E-state index contributed by atoms with van der Waals surface area (Å²) in [7, 11) is 4.25. The number of halogens is 1. The number of Topliss-reactive ketones (excluding diaryl/α,β-unsaturated/α-hetero) is 1. The number of carbonyl (C=O) groups is 1. The molecule has 0 aromatic heterocycles. The van der Waals surface area contributed by atoms with Gasteiger partial charge >= 0.3 is 0 Å². The number of piperidine rings is 1. The largest absolute Gasteiger partial charge is 0.370 e. The zero-order chi connectivity index (χ0) is 14.0. The fraction of sp³-hybridized carbons (Fsp3) is 0.533. The first-order valence-electron chi connectivity index (χ1n) is 6.71. The maximum atomic E-state index is 11.3. The number of ketones is 1. The Balaban J connectivity index is 2.15. The topological polar surface area (TPSA) is 23.6 Å². The predicted octanol–water partition coefficient (Wildman–Crippen LogP) is 3.07. The third-order valence-electron chi connectivity index (χ3n) is 3.97. The van der Waals surface area contributed by atoms with Crippen LogP contribution in [0.1, 0.15) is 30.1 Å². The molecule has 0 atom stereocenters. The van der Waals surface area contributed by atoms with Gasteiger partial charge in [0.15, 0.2) is 5.78 Å². The van der Waals surface area contributed by atoms with Gasteiger partial charge in [-0.2, -0.15) is 0 Å². The summed E-state index contributed by atoms with van der Waals surface area (Å²) in [5, 5.41) is 0.661. The molecule has 0 N–H and O–H groups in total. The molecule has 1 fully saturated rings. The SMILES string of the molecule is CC(=O)c1ccc(N(C)C2CCN(C)CC2)c(Cl)c1. The second-order valence-electron chi connectivity index (χ2n) is 5.37. The van der Waals surface area contributed by atoms with E-state index in [0.717, 1.165) is 31.6 Å². The van der Waals surface area contributed by atoms with Crippen molar-refractivity contribution >= 4 is 23.1 Å². The molecule has 1 heterocycles. The highest BCUT2D eigenvalue weighted by Gasteiger charge is 2.22. The van der Waals surface area contributed by atoms with Crippen LogP contribution in [0.5, 0.6) is 0 Å². The van der Waals surface area contributed by atoms with Crippen molar-refractivity contribution < 1.29 is 4.79 Å². The number of nitrogens with zero attached hydrogens (tertiary/aromatic N) is 2. The number of likely N-dealkylation sites (tertiary alicyclic amines) is 1. The molecule has 1 aliphatic heterocycles. The van der Waals surface area contributed by atoms with Crippen molar-refractivity contribution in [3.63, 3.8) is 0 Å². The van der Waals surface area contributed by atoms with Crippen molar-refractivity contribution in [1.29, 1.82) is 0 Å². The van der Waals surface area contributed by atoms with E-state index >= 15 is 0 Å². The Morgan fingerprint density at radius 1 is 1.37 bits per heavy atom. The smallest absolute Gasteiger partial charge is 0.159 e. The Bertz CT molecular complexity index is 467. The van der Waals surface area contributed by atoms with Crippen LogP contribution in [0.4, 0.5) is 5.69 Å². The van der Waals surface area contributed by atoms with Gasteiger partial charge in [0.25, 0.3) is 0 Å². The minimum absolute atomic E-state index is 0.0513. The lowest BCUT2D eigenvalue weighted by atomic mass is 10.0. The lowest BCUT2D eigenvalue weighted by Crippen LogP contribution is -2.42. The van der Waals surface area contributed by atoms with Crippen LogP contribution in [0.3, 0.4) is 0 Å². The Morgan fingerprint density at radius 2 is 2.00 bits per heavy atom. The van der Waals surface area contributed by atoms with Crippen LogP contribution >= 0.6 is 11.6 Å². The van der Waals surface area contributed by atoms with Gasteiger partial charge in [-0.15, -0.1) is 0 Å². The highest BCUT2D eigenvalue weighted by Crippen LogP contribution is 2.30. The van der Waals surface area contributed by atoms with Crippen molar-refractivity contribution in [3.8, 4) is 0 Å². The van der Waals surface area contributed by atoms with Gasteiger partial charge in [-0.05, 0) is 58.1 Å².